The standard InChI is InChI=1S/2C22H19O2.C2H6Si.2ClH.Zr/c2*1-14-4-6-17-12-18(21-11-5-15(2)24-21)13-20(17)22(14)16-7-9-19(23-3)10-8-16;1-3-2;;;/h2*4-13H,1-3H3;1-2H3;2*1H;/q2*-1;;;;+2/p-2. The van der Waals surface area contributed by atoms with Gasteiger partial charge in [-0.1, -0.05) is 58.7 Å². The fourth-order valence-corrected chi connectivity index (χ4v) is 6.53. The van der Waals surface area contributed by atoms with E-state index in [4.69, 9.17) is 35.3 Å². The molecule has 0 aliphatic carbocycles. The summed E-state index contributed by atoms with van der Waals surface area (Å²) in [6, 6.07) is 42.1. The predicted molar refractivity (Wildman–Crippen MR) is 227 cm³/mol. The molecule has 2 aromatic heterocycles. The Hall–Kier alpha value is -4.06. The van der Waals surface area contributed by atoms with Crippen LogP contribution in [0.2, 0.25) is 13.1 Å². The third-order valence-electron chi connectivity index (χ3n) is 9.38. The molecule has 0 saturated carbocycles. The van der Waals surface area contributed by atoms with Gasteiger partial charge >= 0.3 is 53.5 Å². The SMILES string of the molecule is COc1ccc(-c2c(C)ccc3[cH-]c(-c4ccc(C)o4)cc23)cc1.COc1ccc(-c2c(C)ccc3[cH-]c(-c4ccc(C)o4)cc23)cc1.C[Si](C)=[Zr]([Cl])[Cl]. The van der Waals surface area contributed by atoms with Crippen LogP contribution in [0.15, 0.2) is 130 Å². The van der Waals surface area contributed by atoms with E-state index in [1.807, 2.05) is 62.4 Å². The summed E-state index contributed by atoms with van der Waals surface area (Å²) in [5.41, 5.74) is 9.49. The Labute approximate surface area is 333 Å². The number of methoxy groups -OCH3 is 2. The van der Waals surface area contributed by atoms with Crippen LogP contribution >= 0.6 is 17.0 Å². The van der Waals surface area contributed by atoms with Gasteiger partial charge in [-0.2, -0.15) is 0 Å². The first-order valence-corrected chi connectivity index (χ1v) is 30.3. The van der Waals surface area contributed by atoms with Crippen LogP contribution in [-0.4, -0.2) is 19.7 Å². The number of aryl methyl sites for hydroxylation is 4. The third-order valence-corrected chi connectivity index (χ3v) is 29.1. The van der Waals surface area contributed by atoms with Crippen molar-refractivity contribution in [2.75, 3.05) is 14.2 Å². The zero-order valence-corrected chi connectivity index (χ0v) is 36.9. The van der Waals surface area contributed by atoms with Crippen molar-refractivity contribution in [2.45, 2.75) is 40.8 Å². The fourth-order valence-electron chi connectivity index (χ4n) is 6.53. The first-order chi connectivity index (χ1) is 25.9. The van der Waals surface area contributed by atoms with Crippen LogP contribution in [0.1, 0.15) is 22.6 Å². The van der Waals surface area contributed by atoms with Crippen LogP contribution in [0.4, 0.5) is 0 Å². The van der Waals surface area contributed by atoms with Gasteiger partial charge in [0.25, 0.3) is 0 Å². The average molecular weight is 851 g/mol. The Morgan fingerprint density at radius 2 is 0.907 bits per heavy atom. The molecule has 8 rings (SSSR count). The van der Waals surface area contributed by atoms with Gasteiger partial charge in [0.05, 0.1) is 37.3 Å². The number of hydrogen-bond acceptors (Lipinski definition) is 4. The molecule has 0 spiro atoms. The number of rotatable bonds is 6. The van der Waals surface area contributed by atoms with Gasteiger partial charge in [-0.15, -0.1) is 57.9 Å². The summed E-state index contributed by atoms with van der Waals surface area (Å²) < 4.78 is 22.1. The molecule has 54 heavy (non-hydrogen) atoms. The molecule has 0 N–H and O–H groups in total. The van der Waals surface area contributed by atoms with Gasteiger partial charge in [0.1, 0.15) is 11.5 Å². The van der Waals surface area contributed by atoms with E-state index >= 15 is 0 Å². The molecule has 276 valence electrons. The second-order valence-electron chi connectivity index (χ2n) is 13.5. The first kappa shape index (κ1) is 39.6. The van der Waals surface area contributed by atoms with Crippen molar-refractivity contribution in [3.63, 3.8) is 0 Å². The van der Waals surface area contributed by atoms with Crippen LogP contribution in [-0.2, 0) is 18.0 Å². The van der Waals surface area contributed by atoms with Crippen molar-refractivity contribution >= 4 is 44.0 Å². The molecule has 0 atom stereocenters. The summed E-state index contributed by atoms with van der Waals surface area (Å²) >= 11 is -1.65. The molecule has 0 bridgehead atoms. The van der Waals surface area contributed by atoms with Gasteiger partial charge in [-0.05, 0) is 98.5 Å². The molecule has 0 radical (unpaired) electrons. The second-order valence-corrected chi connectivity index (χ2v) is 36.5. The van der Waals surface area contributed by atoms with Gasteiger partial charge in [0, 0.05) is 0 Å². The Balaban J connectivity index is 0.000000160. The molecule has 8 heteroatoms. The van der Waals surface area contributed by atoms with Crippen molar-refractivity contribution in [3.8, 4) is 56.4 Å². The number of benzene rings is 4. The molecule has 0 aliphatic rings. The van der Waals surface area contributed by atoms with Gasteiger partial charge in [-0.25, -0.2) is 0 Å². The Morgan fingerprint density at radius 1 is 0.537 bits per heavy atom. The average Bonchev–Trinajstić information content (AvgIpc) is 3.99. The van der Waals surface area contributed by atoms with Crippen molar-refractivity contribution in [2.24, 2.45) is 0 Å². The van der Waals surface area contributed by atoms with E-state index in [1.54, 1.807) is 14.2 Å². The Morgan fingerprint density at radius 3 is 1.20 bits per heavy atom. The number of hydrogen-bond donors (Lipinski definition) is 0. The summed E-state index contributed by atoms with van der Waals surface area (Å²) in [7, 11) is 14.6. The maximum absolute atomic E-state index is 5.79. The molecule has 0 saturated heterocycles. The van der Waals surface area contributed by atoms with Crippen LogP contribution in [0, 0.1) is 27.7 Å². The number of ether oxygens (including phenoxy) is 2. The molecule has 6 aromatic carbocycles. The summed E-state index contributed by atoms with van der Waals surface area (Å²) in [5.74, 6) is 5.45. The maximum atomic E-state index is 5.79. The molecule has 4 nitrogen and oxygen atoms in total. The Kier molecular flexibility index (Phi) is 12.9. The normalized spacial score (nSPS) is 10.8. The quantitative estimate of drug-likeness (QED) is 0.123. The summed E-state index contributed by atoms with van der Waals surface area (Å²) in [4.78, 5) is 0. The molecule has 0 unspecified atom stereocenters. The molecule has 0 amide bonds. The van der Waals surface area contributed by atoms with E-state index in [0.29, 0.717) is 0 Å². The fraction of sp³-hybridized carbons (Fsp3) is 0.174. The van der Waals surface area contributed by atoms with Gasteiger partial charge < -0.3 is 18.3 Å². The van der Waals surface area contributed by atoms with Gasteiger partial charge in [0.2, 0.25) is 0 Å². The summed E-state index contributed by atoms with van der Waals surface area (Å²) in [6.45, 7) is 12.6. The van der Waals surface area contributed by atoms with E-state index in [1.165, 1.54) is 54.9 Å². The van der Waals surface area contributed by atoms with Crippen molar-refractivity contribution in [1.29, 1.82) is 0 Å². The number of furan rings is 2. The van der Waals surface area contributed by atoms with E-state index in [-0.39, 0.29) is 5.43 Å². The molecule has 2 heterocycles. The molecule has 0 fully saturated rings. The summed E-state index contributed by atoms with van der Waals surface area (Å²) in [6.07, 6.45) is 0. The van der Waals surface area contributed by atoms with Crippen LogP contribution < -0.4 is 9.47 Å². The number of fused-ring (bicyclic) bond motifs is 2. The molecule has 0 aliphatic heterocycles. The summed E-state index contributed by atoms with van der Waals surface area (Å²) in [5, 5.41) is 4.97. The topological polar surface area (TPSA) is 44.7 Å². The van der Waals surface area contributed by atoms with E-state index in [2.05, 4.69) is 99.7 Å². The van der Waals surface area contributed by atoms with E-state index in [9.17, 15) is 0 Å². The second kappa shape index (κ2) is 17.6. The van der Waals surface area contributed by atoms with Gasteiger partial charge in [0.15, 0.2) is 0 Å². The number of halogens is 2. The minimum absolute atomic E-state index is 0.224. The molecule has 8 aromatic rings. The molecular weight excluding hydrogens is 807 g/mol. The molecular formula is C46H44Cl2O4SiZr-2. The van der Waals surface area contributed by atoms with Crippen molar-refractivity contribution < 1.29 is 36.3 Å². The van der Waals surface area contributed by atoms with Gasteiger partial charge in [-0.3, -0.25) is 0 Å². The first-order valence-electron chi connectivity index (χ1n) is 17.8. The predicted octanol–water partition coefficient (Wildman–Crippen LogP) is 14.4. The van der Waals surface area contributed by atoms with E-state index in [0.717, 1.165) is 45.7 Å². The van der Waals surface area contributed by atoms with Crippen LogP contribution in [0.25, 0.3) is 66.4 Å². The Bertz CT molecular complexity index is 2360. The zero-order chi connectivity index (χ0) is 38.5. The minimum atomic E-state index is -1.65. The van der Waals surface area contributed by atoms with Crippen LogP contribution in [0.5, 0.6) is 11.5 Å². The monoisotopic (exact) mass is 848 g/mol. The zero-order valence-electron chi connectivity index (χ0n) is 31.9. The van der Waals surface area contributed by atoms with Crippen molar-refractivity contribution in [3.05, 3.63) is 144 Å². The third kappa shape index (κ3) is 9.07. The van der Waals surface area contributed by atoms with E-state index < -0.39 is 18.0 Å². The van der Waals surface area contributed by atoms with Crippen LogP contribution in [0.3, 0.4) is 0 Å². The van der Waals surface area contributed by atoms with Crippen molar-refractivity contribution in [1.82, 2.24) is 0 Å².